The molecule has 0 radical (unpaired) electrons. The molecule has 0 saturated heterocycles. The van der Waals surface area contributed by atoms with E-state index in [-0.39, 0.29) is 11.4 Å². The zero-order chi connectivity index (χ0) is 15.4. The minimum Gasteiger partial charge on any atom is -0.496 e. The van der Waals surface area contributed by atoms with Gasteiger partial charge in [-0.25, -0.2) is 0 Å². The van der Waals surface area contributed by atoms with Crippen molar-refractivity contribution in [2.45, 2.75) is 6.54 Å². The number of halogens is 1. The molecule has 21 heavy (non-hydrogen) atoms. The summed E-state index contributed by atoms with van der Waals surface area (Å²) in [6.07, 6.45) is 0. The monoisotopic (exact) mass is 352 g/mol. The molecule has 2 N–H and O–H groups in total. The molecule has 0 fully saturated rings. The van der Waals surface area contributed by atoms with Gasteiger partial charge in [-0.2, -0.15) is 0 Å². The number of nitro groups is 1. The van der Waals surface area contributed by atoms with E-state index in [0.717, 1.165) is 5.56 Å². The standard InChI is InChI=1S/C14H13BrN2O4/c1-20-10-3-5-14(12(7-10)17(18)19)21-13-4-2-9(8-16)6-11(13)15/h2-7H,8,16H2,1H3. The fraction of sp³-hybridized carbons (Fsp3) is 0.143. The van der Waals surface area contributed by atoms with Crippen LogP contribution >= 0.6 is 15.9 Å². The largest absolute Gasteiger partial charge is 0.496 e. The van der Waals surface area contributed by atoms with E-state index < -0.39 is 4.92 Å². The lowest BCUT2D eigenvalue weighted by Gasteiger charge is -2.10. The molecule has 7 heteroatoms. The van der Waals surface area contributed by atoms with Gasteiger partial charge in [-0.1, -0.05) is 6.07 Å². The van der Waals surface area contributed by atoms with Gasteiger partial charge >= 0.3 is 5.69 Å². The minimum absolute atomic E-state index is 0.141. The maximum atomic E-state index is 11.1. The predicted molar refractivity (Wildman–Crippen MR) is 81.8 cm³/mol. The van der Waals surface area contributed by atoms with Crippen molar-refractivity contribution in [3.8, 4) is 17.2 Å². The maximum Gasteiger partial charge on any atom is 0.315 e. The Morgan fingerprint density at radius 1 is 1.24 bits per heavy atom. The molecule has 110 valence electrons. The van der Waals surface area contributed by atoms with Crippen molar-refractivity contribution in [1.82, 2.24) is 0 Å². The summed E-state index contributed by atoms with van der Waals surface area (Å²) in [6, 6.07) is 9.74. The SMILES string of the molecule is COc1ccc(Oc2ccc(CN)cc2Br)c([N+](=O)[O-])c1. The van der Waals surface area contributed by atoms with E-state index in [2.05, 4.69) is 15.9 Å². The number of nitrogens with zero attached hydrogens (tertiary/aromatic N) is 1. The van der Waals surface area contributed by atoms with Crippen LogP contribution in [-0.2, 0) is 6.54 Å². The van der Waals surface area contributed by atoms with Crippen LogP contribution in [-0.4, -0.2) is 12.0 Å². The summed E-state index contributed by atoms with van der Waals surface area (Å²) in [5.41, 5.74) is 6.32. The van der Waals surface area contributed by atoms with Crippen LogP contribution in [0.3, 0.4) is 0 Å². The van der Waals surface area contributed by atoms with Gasteiger partial charge in [0.25, 0.3) is 0 Å². The second-order valence-corrected chi connectivity index (χ2v) is 5.02. The van der Waals surface area contributed by atoms with E-state index in [1.54, 1.807) is 18.2 Å². The van der Waals surface area contributed by atoms with Crippen LogP contribution in [0.2, 0.25) is 0 Å². The van der Waals surface area contributed by atoms with Crippen LogP contribution in [0, 0.1) is 10.1 Å². The van der Waals surface area contributed by atoms with E-state index in [0.29, 0.717) is 22.5 Å². The lowest BCUT2D eigenvalue weighted by atomic mass is 10.2. The molecule has 0 saturated carbocycles. The van der Waals surface area contributed by atoms with Gasteiger partial charge in [-0.15, -0.1) is 0 Å². The van der Waals surface area contributed by atoms with Gasteiger partial charge < -0.3 is 15.2 Å². The summed E-state index contributed by atoms with van der Waals surface area (Å²) in [5, 5.41) is 11.1. The van der Waals surface area contributed by atoms with Crippen molar-refractivity contribution >= 4 is 21.6 Å². The van der Waals surface area contributed by atoms with Crippen LogP contribution in [0.5, 0.6) is 17.2 Å². The second kappa shape index (κ2) is 6.55. The van der Waals surface area contributed by atoms with Crippen molar-refractivity contribution < 1.29 is 14.4 Å². The fourth-order valence-electron chi connectivity index (χ4n) is 1.73. The van der Waals surface area contributed by atoms with Crippen molar-refractivity contribution in [3.05, 3.63) is 56.5 Å². The van der Waals surface area contributed by atoms with Crippen molar-refractivity contribution in [3.63, 3.8) is 0 Å². The molecule has 2 aromatic carbocycles. The fourth-order valence-corrected chi connectivity index (χ4v) is 2.23. The molecule has 2 aromatic rings. The molecule has 2 rings (SSSR count). The van der Waals surface area contributed by atoms with Gasteiger partial charge in [-0.3, -0.25) is 10.1 Å². The van der Waals surface area contributed by atoms with E-state index in [1.807, 2.05) is 6.07 Å². The number of nitrogens with two attached hydrogens (primary N) is 1. The molecule has 0 spiro atoms. The number of benzene rings is 2. The maximum absolute atomic E-state index is 11.1. The molecule has 0 aliphatic heterocycles. The van der Waals surface area contributed by atoms with E-state index in [9.17, 15) is 10.1 Å². The summed E-state index contributed by atoms with van der Waals surface area (Å²) in [5.74, 6) is 1.01. The summed E-state index contributed by atoms with van der Waals surface area (Å²) >= 11 is 3.36. The van der Waals surface area contributed by atoms with Gasteiger partial charge in [0.15, 0.2) is 0 Å². The highest BCUT2D eigenvalue weighted by atomic mass is 79.9. The quantitative estimate of drug-likeness (QED) is 0.655. The van der Waals surface area contributed by atoms with Crippen molar-refractivity contribution in [2.24, 2.45) is 5.73 Å². The third kappa shape index (κ3) is 3.50. The molecule has 0 atom stereocenters. The zero-order valence-electron chi connectivity index (χ0n) is 11.2. The normalized spacial score (nSPS) is 10.2. The van der Waals surface area contributed by atoms with Crippen molar-refractivity contribution in [1.29, 1.82) is 0 Å². The van der Waals surface area contributed by atoms with Crippen LogP contribution in [0.1, 0.15) is 5.56 Å². The molecule has 0 unspecified atom stereocenters. The number of ether oxygens (including phenoxy) is 2. The van der Waals surface area contributed by atoms with E-state index in [4.69, 9.17) is 15.2 Å². The molecule has 0 heterocycles. The molecule has 0 amide bonds. The Kier molecular flexibility index (Phi) is 4.77. The Hall–Kier alpha value is -2.12. The lowest BCUT2D eigenvalue weighted by Crippen LogP contribution is -1.97. The first-order valence-electron chi connectivity index (χ1n) is 6.04. The Morgan fingerprint density at radius 2 is 1.95 bits per heavy atom. The van der Waals surface area contributed by atoms with Crippen LogP contribution in [0.25, 0.3) is 0 Å². The van der Waals surface area contributed by atoms with E-state index >= 15 is 0 Å². The highest BCUT2D eigenvalue weighted by Crippen LogP contribution is 2.37. The van der Waals surface area contributed by atoms with Gasteiger partial charge in [-0.05, 0) is 45.8 Å². The summed E-state index contributed by atoms with van der Waals surface area (Å²) < 4.78 is 11.3. The van der Waals surface area contributed by atoms with Crippen molar-refractivity contribution in [2.75, 3.05) is 7.11 Å². The number of nitro benzene ring substituents is 1. The molecule has 6 nitrogen and oxygen atoms in total. The van der Waals surface area contributed by atoms with Gasteiger partial charge in [0.2, 0.25) is 5.75 Å². The van der Waals surface area contributed by atoms with Gasteiger partial charge in [0.05, 0.1) is 22.6 Å². The smallest absolute Gasteiger partial charge is 0.315 e. The third-order valence-electron chi connectivity index (χ3n) is 2.81. The third-order valence-corrected chi connectivity index (χ3v) is 3.43. The van der Waals surface area contributed by atoms with Gasteiger partial charge in [0.1, 0.15) is 11.5 Å². The Bertz CT molecular complexity index is 676. The molecule has 0 aliphatic carbocycles. The first-order chi connectivity index (χ1) is 10.0. The average Bonchev–Trinajstić information content (AvgIpc) is 2.49. The van der Waals surface area contributed by atoms with Crippen LogP contribution < -0.4 is 15.2 Å². The number of methoxy groups -OCH3 is 1. The lowest BCUT2D eigenvalue weighted by molar-refractivity contribution is -0.385. The Labute approximate surface area is 129 Å². The summed E-state index contributed by atoms with van der Waals surface area (Å²) in [4.78, 5) is 10.6. The molecular formula is C14H13BrN2O4. The van der Waals surface area contributed by atoms with Crippen LogP contribution in [0.15, 0.2) is 40.9 Å². The van der Waals surface area contributed by atoms with Crippen LogP contribution in [0.4, 0.5) is 5.69 Å². The second-order valence-electron chi connectivity index (χ2n) is 4.16. The molecular weight excluding hydrogens is 340 g/mol. The number of hydrogen-bond acceptors (Lipinski definition) is 5. The Balaban J connectivity index is 2.37. The molecule has 0 aliphatic rings. The highest BCUT2D eigenvalue weighted by molar-refractivity contribution is 9.10. The topological polar surface area (TPSA) is 87.6 Å². The summed E-state index contributed by atoms with van der Waals surface area (Å²) in [7, 11) is 1.45. The minimum atomic E-state index is -0.514. The number of hydrogen-bond donors (Lipinski definition) is 1. The van der Waals surface area contributed by atoms with Gasteiger partial charge in [0, 0.05) is 6.54 Å². The summed E-state index contributed by atoms with van der Waals surface area (Å²) in [6.45, 7) is 0.404. The average molecular weight is 353 g/mol. The first kappa shape index (κ1) is 15.3. The first-order valence-corrected chi connectivity index (χ1v) is 6.83. The zero-order valence-corrected chi connectivity index (χ0v) is 12.8. The molecule has 0 bridgehead atoms. The van der Waals surface area contributed by atoms with E-state index in [1.165, 1.54) is 19.2 Å². The Morgan fingerprint density at radius 3 is 2.52 bits per heavy atom. The number of rotatable bonds is 5. The molecule has 0 aromatic heterocycles. The predicted octanol–water partition coefficient (Wildman–Crippen LogP) is 3.62. The highest BCUT2D eigenvalue weighted by Gasteiger charge is 2.18.